The number of hydrogen-bond acceptors (Lipinski definition) is 4. The minimum absolute atomic E-state index is 0.0906. The number of aryl methyl sites for hydroxylation is 2. The number of amides is 1. The number of anilines is 1. The highest BCUT2D eigenvalue weighted by Crippen LogP contribution is 2.19. The number of hydrogen-bond donors (Lipinski definition) is 2. The maximum absolute atomic E-state index is 12.6. The van der Waals surface area contributed by atoms with Crippen molar-refractivity contribution in [1.29, 1.82) is 0 Å². The van der Waals surface area contributed by atoms with E-state index in [0.29, 0.717) is 17.8 Å². The summed E-state index contributed by atoms with van der Waals surface area (Å²) in [5.74, 6) is -0.291. The second-order valence-electron chi connectivity index (χ2n) is 6.39. The smallest absolute Gasteiger partial charge is 0.261 e. The Bertz CT molecular complexity index is 1090. The first-order valence-corrected chi connectivity index (χ1v) is 10.2. The second-order valence-corrected chi connectivity index (χ2v) is 8.08. The molecule has 0 atom stereocenters. The number of carbonyl (C=O) groups excluding carboxylic acids is 1. The highest BCUT2D eigenvalue weighted by atomic mass is 32.2. The van der Waals surface area contributed by atoms with E-state index in [2.05, 4.69) is 15.0 Å². The van der Waals surface area contributed by atoms with E-state index in [1.54, 1.807) is 18.3 Å². The molecule has 0 spiro atoms. The topological polar surface area (TPSA) is 88.2 Å². The lowest BCUT2D eigenvalue weighted by atomic mass is 10.2. The minimum Gasteiger partial charge on any atom is -0.346 e. The van der Waals surface area contributed by atoms with Gasteiger partial charge in [-0.05, 0) is 61.4 Å². The molecule has 28 heavy (non-hydrogen) atoms. The Kier molecular flexibility index (Phi) is 5.75. The number of nitrogens with zero attached hydrogens (tertiary/aromatic N) is 1. The van der Waals surface area contributed by atoms with Crippen LogP contribution in [0.3, 0.4) is 0 Å². The molecule has 0 aliphatic heterocycles. The number of pyridine rings is 1. The van der Waals surface area contributed by atoms with Crippen LogP contribution >= 0.6 is 0 Å². The summed E-state index contributed by atoms with van der Waals surface area (Å²) in [6, 6.07) is 16.7. The van der Waals surface area contributed by atoms with Gasteiger partial charge in [0.05, 0.1) is 22.8 Å². The molecule has 3 aromatic rings. The first-order valence-electron chi connectivity index (χ1n) is 8.74. The Morgan fingerprint density at radius 1 is 0.929 bits per heavy atom. The molecule has 2 aromatic carbocycles. The first-order chi connectivity index (χ1) is 13.4. The Morgan fingerprint density at radius 3 is 2.29 bits per heavy atom. The van der Waals surface area contributed by atoms with Crippen LogP contribution in [0.4, 0.5) is 5.69 Å². The zero-order valence-electron chi connectivity index (χ0n) is 15.6. The van der Waals surface area contributed by atoms with Crippen LogP contribution in [-0.4, -0.2) is 19.3 Å². The Balaban J connectivity index is 1.69. The molecule has 1 amide bonds. The van der Waals surface area contributed by atoms with E-state index in [4.69, 9.17) is 0 Å². The van der Waals surface area contributed by atoms with Crippen molar-refractivity contribution in [3.8, 4) is 0 Å². The number of para-hydroxylation sites is 1. The summed E-state index contributed by atoms with van der Waals surface area (Å²) in [4.78, 5) is 16.6. The number of benzene rings is 2. The summed E-state index contributed by atoms with van der Waals surface area (Å²) in [5, 5.41) is 2.80. The fourth-order valence-corrected chi connectivity index (χ4v) is 3.78. The van der Waals surface area contributed by atoms with Gasteiger partial charge in [-0.25, -0.2) is 8.42 Å². The molecule has 1 heterocycles. The summed E-state index contributed by atoms with van der Waals surface area (Å²) in [5.41, 5.74) is 3.51. The molecule has 6 nitrogen and oxygen atoms in total. The molecule has 7 heteroatoms. The normalized spacial score (nSPS) is 11.1. The molecular weight excluding hydrogens is 374 g/mol. The molecule has 0 unspecified atom stereocenters. The van der Waals surface area contributed by atoms with E-state index in [-0.39, 0.29) is 10.8 Å². The molecule has 0 radical (unpaired) electrons. The number of carbonyl (C=O) groups is 1. The third kappa shape index (κ3) is 4.55. The van der Waals surface area contributed by atoms with Crippen molar-refractivity contribution in [1.82, 2.24) is 10.3 Å². The molecule has 0 aliphatic carbocycles. The Hall–Kier alpha value is -3.19. The lowest BCUT2D eigenvalue weighted by Gasteiger charge is -2.11. The molecular formula is C21H21N3O3S. The zero-order valence-corrected chi connectivity index (χ0v) is 16.5. The van der Waals surface area contributed by atoms with E-state index < -0.39 is 10.0 Å². The Labute approximate surface area is 164 Å². The van der Waals surface area contributed by atoms with Gasteiger partial charge in [-0.1, -0.05) is 24.3 Å². The van der Waals surface area contributed by atoms with Gasteiger partial charge in [0, 0.05) is 11.8 Å². The standard InChI is InChI=1S/C21H21N3O3S/c1-15-6-3-4-8-19(15)24-28(26,27)18-11-9-17(10-12-18)21(25)23-14-20-16(2)7-5-13-22-20/h3-13,24H,14H2,1-2H3,(H,23,25). The van der Waals surface area contributed by atoms with Crippen LogP contribution in [0.2, 0.25) is 0 Å². The van der Waals surface area contributed by atoms with Crippen molar-refractivity contribution in [2.24, 2.45) is 0 Å². The molecule has 0 bridgehead atoms. The molecule has 144 valence electrons. The van der Waals surface area contributed by atoms with Crippen LogP contribution in [0.1, 0.15) is 27.2 Å². The summed E-state index contributed by atoms with van der Waals surface area (Å²) in [7, 11) is -3.73. The van der Waals surface area contributed by atoms with Gasteiger partial charge in [-0.15, -0.1) is 0 Å². The van der Waals surface area contributed by atoms with Crippen molar-refractivity contribution in [3.63, 3.8) is 0 Å². The predicted octanol–water partition coefficient (Wildman–Crippen LogP) is 3.43. The zero-order chi connectivity index (χ0) is 20.1. The summed E-state index contributed by atoms with van der Waals surface area (Å²) in [6.07, 6.45) is 1.68. The van der Waals surface area contributed by atoms with Crippen molar-refractivity contribution < 1.29 is 13.2 Å². The monoisotopic (exact) mass is 395 g/mol. The van der Waals surface area contributed by atoms with Gasteiger partial charge in [0.1, 0.15) is 0 Å². The van der Waals surface area contributed by atoms with Crippen LogP contribution in [0.25, 0.3) is 0 Å². The largest absolute Gasteiger partial charge is 0.346 e. The number of sulfonamides is 1. The van der Waals surface area contributed by atoms with Crippen molar-refractivity contribution >= 4 is 21.6 Å². The fraction of sp³-hybridized carbons (Fsp3) is 0.143. The summed E-state index contributed by atoms with van der Waals surface area (Å²) < 4.78 is 27.7. The lowest BCUT2D eigenvalue weighted by molar-refractivity contribution is 0.0950. The van der Waals surface area contributed by atoms with Gasteiger partial charge in [0.15, 0.2) is 0 Å². The van der Waals surface area contributed by atoms with Gasteiger partial charge in [-0.3, -0.25) is 14.5 Å². The highest BCUT2D eigenvalue weighted by molar-refractivity contribution is 7.92. The van der Waals surface area contributed by atoms with Crippen molar-refractivity contribution in [2.45, 2.75) is 25.3 Å². The first kappa shape index (κ1) is 19.6. The molecule has 1 aromatic heterocycles. The van der Waals surface area contributed by atoms with Crippen LogP contribution in [0.15, 0.2) is 71.8 Å². The van der Waals surface area contributed by atoms with E-state index in [9.17, 15) is 13.2 Å². The third-order valence-electron chi connectivity index (χ3n) is 4.35. The van der Waals surface area contributed by atoms with E-state index in [1.165, 1.54) is 24.3 Å². The van der Waals surface area contributed by atoms with E-state index in [0.717, 1.165) is 16.8 Å². The van der Waals surface area contributed by atoms with E-state index >= 15 is 0 Å². The number of aromatic nitrogens is 1. The molecule has 0 fully saturated rings. The van der Waals surface area contributed by atoms with Gasteiger partial charge in [-0.2, -0.15) is 0 Å². The van der Waals surface area contributed by atoms with Gasteiger partial charge in [0.2, 0.25) is 0 Å². The van der Waals surface area contributed by atoms with Crippen LogP contribution < -0.4 is 10.0 Å². The van der Waals surface area contributed by atoms with Crippen LogP contribution in [0.5, 0.6) is 0 Å². The van der Waals surface area contributed by atoms with Gasteiger partial charge in [0.25, 0.3) is 15.9 Å². The summed E-state index contributed by atoms with van der Waals surface area (Å²) in [6.45, 7) is 4.06. The molecule has 0 saturated heterocycles. The SMILES string of the molecule is Cc1ccccc1NS(=O)(=O)c1ccc(C(=O)NCc2ncccc2C)cc1. The van der Waals surface area contributed by atoms with Crippen LogP contribution in [0, 0.1) is 13.8 Å². The van der Waals surface area contributed by atoms with Crippen molar-refractivity contribution in [3.05, 3.63) is 89.2 Å². The van der Waals surface area contributed by atoms with Gasteiger partial charge >= 0.3 is 0 Å². The maximum atomic E-state index is 12.6. The maximum Gasteiger partial charge on any atom is 0.261 e. The highest BCUT2D eigenvalue weighted by Gasteiger charge is 2.16. The van der Waals surface area contributed by atoms with Crippen LogP contribution in [-0.2, 0) is 16.6 Å². The molecule has 0 aliphatic rings. The second kappa shape index (κ2) is 8.22. The van der Waals surface area contributed by atoms with Gasteiger partial charge < -0.3 is 5.32 Å². The average molecular weight is 395 g/mol. The summed E-state index contributed by atoms with van der Waals surface area (Å²) >= 11 is 0. The fourth-order valence-electron chi connectivity index (χ4n) is 2.65. The number of rotatable bonds is 6. The Morgan fingerprint density at radius 2 is 1.61 bits per heavy atom. The molecule has 2 N–H and O–H groups in total. The van der Waals surface area contributed by atoms with E-state index in [1.807, 2.05) is 38.1 Å². The van der Waals surface area contributed by atoms with Crippen molar-refractivity contribution in [2.75, 3.05) is 4.72 Å². The molecule has 0 saturated carbocycles. The minimum atomic E-state index is -3.73. The molecule has 3 rings (SSSR count). The lowest BCUT2D eigenvalue weighted by Crippen LogP contribution is -2.24. The quantitative estimate of drug-likeness (QED) is 0.669. The average Bonchev–Trinajstić information content (AvgIpc) is 2.69. The third-order valence-corrected chi connectivity index (χ3v) is 5.73. The predicted molar refractivity (Wildman–Crippen MR) is 109 cm³/mol. The number of nitrogens with one attached hydrogen (secondary N) is 2.